The fourth-order valence-electron chi connectivity index (χ4n) is 2.09. The molecule has 0 spiro atoms. The fraction of sp³-hybridized carbons (Fsp3) is 0.769. The Morgan fingerprint density at radius 1 is 1.30 bits per heavy atom. The van der Waals surface area contributed by atoms with Crippen molar-refractivity contribution in [3.05, 3.63) is 0 Å². The molecule has 7 heteroatoms. The largest absolute Gasteiger partial charge is 0.480 e. The standard InChI is InChI=1S/C13H22N2O5/c1-8(9-4-3-5-9)14-13(19)15-10(12(17)18)6-7-11(16)20-2/h8-10H,3-7H2,1-2H3,(H,17,18)(H2,14,15,19)/t8?,10-/m1/s1. The number of rotatable bonds is 7. The second-order valence-corrected chi connectivity index (χ2v) is 5.10. The van der Waals surface area contributed by atoms with Gasteiger partial charge in [0.05, 0.1) is 7.11 Å². The second kappa shape index (κ2) is 7.72. The first-order valence-electron chi connectivity index (χ1n) is 6.80. The maximum Gasteiger partial charge on any atom is 0.326 e. The van der Waals surface area contributed by atoms with Crippen molar-refractivity contribution in [3.8, 4) is 0 Å². The molecule has 0 saturated heterocycles. The number of aliphatic carboxylic acids is 1. The smallest absolute Gasteiger partial charge is 0.326 e. The monoisotopic (exact) mass is 286 g/mol. The van der Waals surface area contributed by atoms with E-state index in [4.69, 9.17) is 5.11 Å². The third kappa shape index (κ3) is 5.07. The summed E-state index contributed by atoms with van der Waals surface area (Å²) in [5.41, 5.74) is 0. The van der Waals surface area contributed by atoms with Gasteiger partial charge in [-0.25, -0.2) is 9.59 Å². The minimum atomic E-state index is -1.17. The van der Waals surface area contributed by atoms with Crippen molar-refractivity contribution in [2.75, 3.05) is 7.11 Å². The fourth-order valence-corrected chi connectivity index (χ4v) is 2.09. The molecule has 2 atom stereocenters. The highest BCUT2D eigenvalue weighted by Crippen LogP contribution is 2.29. The van der Waals surface area contributed by atoms with Crippen LogP contribution in [0.1, 0.15) is 39.0 Å². The number of carboxylic acid groups (broad SMARTS) is 1. The molecular formula is C13H22N2O5. The average Bonchev–Trinajstić information content (AvgIpc) is 2.31. The number of carbonyl (C=O) groups is 3. The number of esters is 1. The van der Waals surface area contributed by atoms with Crippen LogP contribution in [-0.4, -0.2) is 42.3 Å². The molecule has 0 aliphatic heterocycles. The molecule has 1 aliphatic carbocycles. The Morgan fingerprint density at radius 3 is 2.40 bits per heavy atom. The van der Waals surface area contributed by atoms with Crippen LogP contribution >= 0.6 is 0 Å². The zero-order valence-electron chi connectivity index (χ0n) is 11.8. The molecule has 7 nitrogen and oxygen atoms in total. The molecule has 1 unspecified atom stereocenters. The van der Waals surface area contributed by atoms with Crippen molar-refractivity contribution in [2.45, 2.75) is 51.1 Å². The summed E-state index contributed by atoms with van der Waals surface area (Å²) in [7, 11) is 1.23. The molecular weight excluding hydrogens is 264 g/mol. The molecule has 1 rings (SSSR count). The summed E-state index contributed by atoms with van der Waals surface area (Å²) in [4.78, 5) is 33.7. The Balaban J connectivity index is 2.37. The van der Waals surface area contributed by atoms with E-state index in [1.54, 1.807) is 0 Å². The zero-order valence-corrected chi connectivity index (χ0v) is 11.8. The van der Waals surface area contributed by atoms with E-state index >= 15 is 0 Å². The number of hydrogen-bond donors (Lipinski definition) is 3. The van der Waals surface area contributed by atoms with Gasteiger partial charge in [-0.05, 0) is 32.1 Å². The molecule has 1 aliphatic rings. The summed E-state index contributed by atoms with van der Waals surface area (Å²) >= 11 is 0. The van der Waals surface area contributed by atoms with Gasteiger partial charge in [-0.15, -0.1) is 0 Å². The lowest BCUT2D eigenvalue weighted by Gasteiger charge is -2.32. The zero-order chi connectivity index (χ0) is 15.1. The molecule has 0 aromatic heterocycles. The van der Waals surface area contributed by atoms with Gasteiger partial charge in [-0.3, -0.25) is 4.79 Å². The van der Waals surface area contributed by atoms with Crippen LogP contribution in [0.3, 0.4) is 0 Å². The van der Waals surface area contributed by atoms with Gasteiger partial charge in [0.25, 0.3) is 0 Å². The number of hydrogen-bond acceptors (Lipinski definition) is 4. The van der Waals surface area contributed by atoms with Gasteiger partial charge in [0.2, 0.25) is 0 Å². The van der Waals surface area contributed by atoms with Gasteiger partial charge in [0.1, 0.15) is 6.04 Å². The summed E-state index contributed by atoms with van der Waals surface area (Å²) in [5.74, 6) is -1.19. The molecule has 2 amide bonds. The van der Waals surface area contributed by atoms with Gasteiger partial charge in [-0.2, -0.15) is 0 Å². The summed E-state index contributed by atoms with van der Waals surface area (Å²) < 4.78 is 4.44. The third-order valence-electron chi connectivity index (χ3n) is 3.68. The van der Waals surface area contributed by atoms with E-state index in [-0.39, 0.29) is 18.9 Å². The van der Waals surface area contributed by atoms with Crippen LogP contribution in [-0.2, 0) is 14.3 Å². The van der Waals surface area contributed by atoms with Crippen LogP contribution < -0.4 is 10.6 Å². The van der Waals surface area contributed by atoms with E-state index in [0.717, 1.165) is 12.8 Å². The lowest BCUT2D eigenvalue weighted by Crippen LogP contribution is -2.50. The van der Waals surface area contributed by atoms with Crippen molar-refractivity contribution in [1.82, 2.24) is 10.6 Å². The number of ether oxygens (including phenoxy) is 1. The SMILES string of the molecule is COC(=O)CC[C@@H](NC(=O)NC(C)C1CCC1)C(=O)O. The second-order valence-electron chi connectivity index (χ2n) is 5.10. The first kappa shape index (κ1) is 16.3. The van der Waals surface area contributed by atoms with Crippen molar-refractivity contribution < 1.29 is 24.2 Å². The highest BCUT2D eigenvalue weighted by Gasteiger charge is 2.27. The number of amides is 2. The van der Waals surface area contributed by atoms with Crippen molar-refractivity contribution in [1.29, 1.82) is 0 Å². The van der Waals surface area contributed by atoms with Crippen molar-refractivity contribution in [3.63, 3.8) is 0 Å². The average molecular weight is 286 g/mol. The molecule has 0 aromatic rings. The predicted molar refractivity (Wildman–Crippen MR) is 71.1 cm³/mol. The Bertz CT molecular complexity index is 368. The van der Waals surface area contributed by atoms with E-state index in [2.05, 4.69) is 15.4 Å². The van der Waals surface area contributed by atoms with Crippen LogP contribution in [0.4, 0.5) is 4.79 Å². The Labute approximate surface area is 118 Å². The number of carbonyl (C=O) groups excluding carboxylic acids is 2. The minimum Gasteiger partial charge on any atom is -0.480 e. The number of carboxylic acids is 1. The Morgan fingerprint density at radius 2 is 1.95 bits per heavy atom. The lowest BCUT2D eigenvalue weighted by molar-refractivity contribution is -0.142. The van der Waals surface area contributed by atoms with E-state index in [9.17, 15) is 14.4 Å². The molecule has 20 heavy (non-hydrogen) atoms. The molecule has 1 saturated carbocycles. The van der Waals surface area contributed by atoms with Crippen LogP contribution in [0.25, 0.3) is 0 Å². The van der Waals surface area contributed by atoms with Gasteiger partial charge in [-0.1, -0.05) is 6.42 Å². The van der Waals surface area contributed by atoms with Crippen molar-refractivity contribution >= 4 is 18.0 Å². The van der Waals surface area contributed by atoms with E-state index in [0.29, 0.717) is 5.92 Å². The molecule has 3 N–H and O–H groups in total. The summed E-state index contributed by atoms with van der Waals surface area (Å²) in [6, 6.07) is -1.58. The van der Waals surface area contributed by atoms with Gasteiger partial charge >= 0.3 is 18.0 Å². The maximum atomic E-state index is 11.7. The van der Waals surface area contributed by atoms with E-state index in [1.165, 1.54) is 13.5 Å². The molecule has 0 radical (unpaired) electrons. The molecule has 0 bridgehead atoms. The molecule has 1 fully saturated rings. The summed E-state index contributed by atoms with van der Waals surface area (Å²) in [5, 5.41) is 14.1. The van der Waals surface area contributed by atoms with E-state index in [1.807, 2.05) is 6.92 Å². The molecule has 0 aromatic carbocycles. The number of methoxy groups -OCH3 is 1. The van der Waals surface area contributed by atoms with E-state index < -0.39 is 24.0 Å². The van der Waals surface area contributed by atoms with Crippen LogP contribution in [0.2, 0.25) is 0 Å². The van der Waals surface area contributed by atoms with Gasteiger partial charge in [0, 0.05) is 12.5 Å². The minimum absolute atomic E-state index is 0.00718. The summed E-state index contributed by atoms with van der Waals surface area (Å²) in [6.07, 6.45) is 3.31. The number of urea groups is 1. The van der Waals surface area contributed by atoms with Crippen molar-refractivity contribution in [2.24, 2.45) is 5.92 Å². The first-order chi connectivity index (χ1) is 9.43. The highest BCUT2D eigenvalue weighted by atomic mass is 16.5. The molecule has 114 valence electrons. The lowest BCUT2D eigenvalue weighted by atomic mass is 9.80. The van der Waals surface area contributed by atoms with Gasteiger partial charge in [0.15, 0.2) is 0 Å². The van der Waals surface area contributed by atoms with Crippen LogP contribution in [0, 0.1) is 5.92 Å². The summed E-state index contributed by atoms with van der Waals surface area (Å²) in [6.45, 7) is 1.91. The predicted octanol–water partition coefficient (Wildman–Crippen LogP) is 0.881. The van der Waals surface area contributed by atoms with Gasteiger partial charge < -0.3 is 20.5 Å². The number of nitrogens with one attached hydrogen (secondary N) is 2. The maximum absolute atomic E-state index is 11.7. The first-order valence-corrected chi connectivity index (χ1v) is 6.80. The third-order valence-corrected chi connectivity index (χ3v) is 3.68. The Kier molecular flexibility index (Phi) is 6.27. The van der Waals surface area contributed by atoms with Crippen LogP contribution in [0.15, 0.2) is 0 Å². The van der Waals surface area contributed by atoms with Crippen LogP contribution in [0.5, 0.6) is 0 Å². The Hall–Kier alpha value is -1.79. The quantitative estimate of drug-likeness (QED) is 0.603. The topological polar surface area (TPSA) is 105 Å². The normalized spacial score (nSPS) is 17.5. The highest BCUT2D eigenvalue weighted by molar-refractivity contribution is 5.83. The molecule has 0 heterocycles.